The zero-order chi connectivity index (χ0) is 27.1. The molecule has 0 bridgehead atoms. The highest BCUT2D eigenvalue weighted by Crippen LogP contribution is 2.37. The number of amides is 2. The molecule has 0 aliphatic heterocycles. The van der Waals surface area contributed by atoms with Crippen LogP contribution in [0.4, 0.5) is 33.7 Å². The zero-order valence-corrected chi connectivity index (χ0v) is 20.7. The Morgan fingerprint density at radius 2 is 1.84 bits per heavy atom. The Balaban J connectivity index is 1.73. The average molecular weight is 576 g/mol. The highest BCUT2D eigenvalue weighted by Gasteiger charge is 2.37. The molecule has 194 valence electrons. The first-order chi connectivity index (χ1) is 17.3. The number of hydrogen-bond acceptors (Lipinski definition) is 7. The Hall–Kier alpha value is -3.69. The van der Waals surface area contributed by atoms with E-state index in [9.17, 15) is 31.2 Å². The van der Waals surface area contributed by atoms with Crippen molar-refractivity contribution in [2.45, 2.75) is 10.4 Å². The maximum atomic E-state index is 15.1. The number of hydrogen-bond donors (Lipinski definition) is 3. The standard InChI is InChI=1S/C21H14ClF4N5O4S2/c1-27-10-2-3-12-15(8-10)28-9-31(19(12)32)18-13(21(24,25)26)6-11(7-14(18)23)29-20(33)30-37(34,35)17-5-4-16(22)36-17/h2-9,27H,1H3,(H2,29,30,33). The smallest absolute Gasteiger partial charge is 0.388 e. The summed E-state index contributed by atoms with van der Waals surface area (Å²) in [6, 6.07) is 6.15. The summed E-state index contributed by atoms with van der Waals surface area (Å²) >= 11 is 6.32. The van der Waals surface area contributed by atoms with Crippen molar-refractivity contribution in [2.24, 2.45) is 0 Å². The molecule has 0 radical (unpaired) electrons. The van der Waals surface area contributed by atoms with E-state index < -0.39 is 50.5 Å². The highest BCUT2D eigenvalue weighted by molar-refractivity contribution is 7.92. The Morgan fingerprint density at radius 1 is 1.11 bits per heavy atom. The van der Waals surface area contributed by atoms with Crippen LogP contribution < -0.4 is 20.9 Å². The molecule has 16 heteroatoms. The molecular weight excluding hydrogens is 562 g/mol. The summed E-state index contributed by atoms with van der Waals surface area (Å²) in [5.74, 6) is -1.52. The minimum absolute atomic E-state index is 0.0607. The van der Waals surface area contributed by atoms with Gasteiger partial charge in [-0.05, 0) is 42.5 Å². The molecule has 0 fully saturated rings. The van der Waals surface area contributed by atoms with E-state index in [4.69, 9.17) is 11.6 Å². The number of urea groups is 1. The summed E-state index contributed by atoms with van der Waals surface area (Å²) < 4.78 is 83.1. The van der Waals surface area contributed by atoms with Crippen molar-refractivity contribution in [1.29, 1.82) is 0 Å². The van der Waals surface area contributed by atoms with E-state index in [0.717, 1.165) is 12.4 Å². The number of anilines is 2. The molecule has 0 aliphatic rings. The summed E-state index contributed by atoms with van der Waals surface area (Å²) in [4.78, 5) is 29.1. The van der Waals surface area contributed by atoms with Crippen molar-refractivity contribution in [3.05, 3.63) is 74.9 Å². The molecule has 3 N–H and O–H groups in total. The van der Waals surface area contributed by atoms with Gasteiger partial charge in [-0.2, -0.15) is 13.2 Å². The number of benzene rings is 2. The SMILES string of the molecule is CNc1ccc2c(=O)n(-c3c(F)cc(NC(=O)NS(=O)(=O)c4ccc(Cl)s4)cc3C(F)(F)F)cnc2c1. The van der Waals surface area contributed by atoms with Gasteiger partial charge in [0, 0.05) is 18.4 Å². The molecule has 9 nitrogen and oxygen atoms in total. The van der Waals surface area contributed by atoms with Gasteiger partial charge in [0.15, 0.2) is 0 Å². The fourth-order valence-corrected chi connectivity index (χ4v) is 5.73. The topological polar surface area (TPSA) is 122 Å². The Morgan fingerprint density at radius 3 is 2.46 bits per heavy atom. The van der Waals surface area contributed by atoms with Crippen LogP contribution in [0.25, 0.3) is 16.6 Å². The van der Waals surface area contributed by atoms with Crippen LogP contribution in [0.15, 0.2) is 57.8 Å². The number of halogens is 5. The van der Waals surface area contributed by atoms with E-state index in [-0.39, 0.29) is 19.4 Å². The molecule has 0 aliphatic carbocycles. The van der Waals surface area contributed by atoms with Gasteiger partial charge >= 0.3 is 12.2 Å². The molecule has 0 saturated carbocycles. The fourth-order valence-electron chi connectivity index (χ4n) is 3.34. The number of nitrogens with zero attached hydrogens (tertiary/aromatic N) is 2. The molecule has 0 saturated heterocycles. The number of fused-ring (bicyclic) bond motifs is 1. The van der Waals surface area contributed by atoms with Crippen LogP contribution in [-0.2, 0) is 16.2 Å². The number of carbonyl (C=O) groups is 1. The second kappa shape index (κ2) is 9.64. The van der Waals surface area contributed by atoms with Crippen molar-refractivity contribution < 1.29 is 30.8 Å². The maximum absolute atomic E-state index is 15.1. The summed E-state index contributed by atoms with van der Waals surface area (Å²) in [5.41, 5.74) is -3.66. The lowest BCUT2D eigenvalue weighted by atomic mass is 10.1. The molecule has 0 unspecified atom stereocenters. The van der Waals surface area contributed by atoms with Gasteiger partial charge in [-0.1, -0.05) is 11.6 Å². The van der Waals surface area contributed by atoms with Crippen LogP contribution in [0.2, 0.25) is 4.34 Å². The van der Waals surface area contributed by atoms with Crippen molar-refractivity contribution >= 4 is 61.3 Å². The molecule has 2 aromatic heterocycles. The monoisotopic (exact) mass is 575 g/mol. The van der Waals surface area contributed by atoms with Crippen LogP contribution in [0.1, 0.15) is 5.56 Å². The van der Waals surface area contributed by atoms with Gasteiger partial charge in [0.2, 0.25) is 0 Å². The largest absolute Gasteiger partial charge is 0.418 e. The van der Waals surface area contributed by atoms with Crippen molar-refractivity contribution in [2.75, 3.05) is 17.7 Å². The second-order valence-corrected chi connectivity index (χ2v) is 11.0. The predicted molar refractivity (Wildman–Crippen MR) is 131 cm³/mol. The molecule has 2 aromatic carbocycles. The second-order valence-electron chi connectivity index (χ2n) is 7.37. The van der Waals surface area contributed by atoms with E-state index in [1.807, 2.05) is 5.32 Å². The number of aromatic nitrogens is 2. The third-order valence-electron chi connectivity index (χ3n) is 4.96. The maximum Gasteiger partial charge on any atom is 0.418 e. The first-order valence-corrected chi connectivity index (χ1v) is 12.7. The number of carbonyl (C=O) groups excluding carboxylic acids is 1. The predicted octanol–water partition coefficient (Wildman–Crippen LogP) is 4.81. The molecule has 4 aromatic rings. The number of nitrogens with one attached hydrogen (secondary N) is 3. The van der Waals surface area contributed by atoms with Crippen LogP contribution in [0, 0.1) is 5.82 Å². The quantitative estimate of drug-likeness (QED) is 0.294. The van der Waals surface area contributed by atoms with Gasteiger partial charge < -0.3 is 10.6 Å². The fraction of sp³-hybridized carbons (Fsp3) is 0.0952. The van der Waals surface area contributed by atoms with E-state index >= 15 is 4.39 Å². The molecule has 4 rings (SSSR count). The minimum atomic E-state index is -5.17. The lowest BCUT2D eigenvalue weighted by molar-refractivity contribution is -0.137. The van der Waals surface area contributed by atoms with Gasteiger partial charge in [-0.3, -0.25) is 9.36 Å². The van der Waals surface area contributed by atoms with Crippen molar-refractivity contribution in [1.82, 2.24) is 14.3 Å². The normalized spacial score (nSPS) is 11.9. The minimum Gasteiger partial charge on any atom is -0.388 e. The average Bonchev–Trinajstić information content (AvgIpc) is 3.25. The Bertz CT molecular complexity index is 1700. The lowest BCUT2D eigenvalue weighted by Crippen LogP contribution is -2.34. The van der Waals surface area contributed by atoms with Gasteiger partial charge in [0.25, 0.3) is 15.6 Å². The summed E-state index contributed by atoms with van der Waals surface area (Å²) in [6.45, 7) is 0. The number of sulfonamides is 1. The summed E-state index contributed by atoms with van der Waals surface area (Å²) in [7, 11) is -2.77. The molecule has 0 atom stereocenters. The number of alkyl halides is 3. The summed E-state index contributed by atoms with van der Waals surface area (Å²) in [5, 5.41) is 4.62. The van der Waals surface area contributed by atoms with Crippen LogP contribution >= 0.6 is 22.9 Å². The number of rotatable bonds is 5. The van der Waals surface area contributed by atoms with Crippen molar-refractivity contribution in [3.8, 4) is 5.69 Å². The molecule has 2 heterocycles. The molecule has 0 spiro atoms. The van der Waals surface area contributed by atoms with Crippen LogP contribution in [-0.4, -0.2) is 31.0 Å². The molecular formula is C21H14ClF4N5O4S2. The van der Waals surface area contributed by atoms with E-state index in [1.165, 1.54) is 24.3 Å². The van der Waals surface area contributed by atoms with E-state index in [2.05, 4.69) is 10.3 Å². The first-order valence-electron chi connectivity index (χ1n) is 9.99. The first kappa shape index (κ1) is 26.4. The van der Waals surface area contributed by atoms with Crippen LogP contribution in [0.3, 0.4) is 0 Å². The van der Waals surface area contributed by atoms with Crippen molar-refractivity contribution in [3.63, 3.8) is 0 Å². The Labute approximate surface area is 214 Å². The van der Waals surface area contributed by atoms with Gasteiger partial charge in [0.05, 0.1) is 26.5 Å². The summed E-state index contributed by atoms with van der Waals surface area (Å²) in [6.07, 6.45) is -4.41. The third kappa shape index (κ3) is 5.38. The lowest BCUT2D eigenvalue weighted by Gasteiger charge is -2.17. The van der Waals surface area contributed by atoms with Crippen LogP contribution in [0.5, 0.6) is 0 Å². The van der Waals surface area contributed by atoms with Gasteiger partial charge in [-0.15, -0.1) is 11.3 Å². The van der Waals surface area contributed by atoms with E-state index in [1.54, 1.807) is 11.8 Å². The Kier molecular flexibility index (Phi) is 6.87. The highest BCUT2D eigenvalue weighted by atomic mass is 35.5. The van der Waals surface area contributed by atoms with E-state index in [0.29, 0.717) is 33.7 Å². The van der Waals surface area contributed by atoms with Gasteiger partial charge in [-0.25, -0.2) is 27.3 Å². The zero-order valence-electron chi connectivity index (χ0n) is 18.4. The number of thiophene rings is 1. The third-order valence-corrected chi connectivity index (χ3v) is 8.01. The molecule has 37 heavy (non-hydrogen) atoms. The van der Waals surface area contributed by atoms with Gasteiger partial charge in [0.1, 0.15) is 16.4 Å². The molecule has 2 amide bonds.